The van der Waals surface area contributed by atoms with E-state index in [1.807, 2.05) is 12.1 Å². The number of amides is 1. The van der Waals surface area contributed by atoms with Crippen molar-refractivity contribution in [2.75, 3.05) is 23.3 Å². The average molecular weight is 310 g/mol. The first-order chi connectivity index (χ1) is 11.2. The summed E-state index contributed by atoms with van der Waals surface area (Å²) in [4.78, 5) is 22.9. The van der Waals surface area contributed by atoms with Gasteiger partial charge in [0, 0.05) is 19.5 Å². The van der Waals surface area contributed by atoms with Crippen molar-refractivity contribution < 1.29 is 4.79 Å². The Balaban J connectivity index is 1.51. The van der Waals surface area contributed by atoms with Gasteiger partial charge in [-0.1, -0.05) is 29.8 Å². The molecule has 1 fully saturated rings. The fraction of sp³-hybridized carbons (Fsp3) is 0.389. The molecule has 0 unspecified atom stereocenters. The Hall–Kier alpha value is -2.43. The zero-order chi connectivity index (χ0) is 16.1. The third-order valence-electron chi connectivity index (χ3n) is 4.03. The van der Waals surface area contributed by atoms with Gasteiger partial charge in [-0.3, -0.25) is 4.79 Å². The molecule has 2 aromatic rings. The summed E-state index contributed by atoms with van der Waals surface area (Å²) < 4.78 is 0. The molecule has 5 heteroatoms. The Kier molecular flexibility index (Phi) is 4.86. The fourth-order valence-corrected chi connectivity index (χ4v) is 2.82. The van der Waals surface area contributed by atoms with Crippen LogP contribution in [0.4, 0.5) is 11.6 Å². The highest BCUT2D eigenvalue weighted by Gasteiger charge is 2.14. The summed E-state index contributed by atoms with van der Waals surface area (Å²) in [5.74, 6) is 0.740. The Labute approximate surface area is 136 Å². The van der Waals surface area contributed by atoms with Gasteiger partial charge in [-0.15, -0.1) is 0 Å². The van der Waals surface area contributed by atoms with Gasteiger partial charge >= 0.3 is 0 Å². The number of hydrogen-bond acceptors (Lipinski definition) is 4. The van der Waals surface area contributed by atoms with Crippen LogP contribution in [0.2, 0.25) is 0 Å². The van der Waals surface area contributed by atoms with Crippen LogP contribution >= 0.6 is 0 Å². The van der Waals surface area contributed by atoms with Gasteiger partial charge in [0.1, 0.15) is 0 Å². The predicted molar refractivity (Wildman–Crippen MR) is 91.6 cm³/mol. The molecule has 1 aliphatic heterocycles. The lowest BCUT2D eigenvalue weighted by Crippen LogP contribution is -2.20. The van der Waals surface area contributed by atoms with E-state index >= 15 is 0 Å². The second kappa shape index (κ2) is 7.22. The molecule has 5 nitrogen and oxygen atoms in total. The Morgan fingerprint density at radius 3 is 2.65 bits per heavy atom. The Morgan fingerprint density at radius 2 is 1.96 bits per heavy atom. The summed E-state index contributed by atoms with van der Waals surface area (Å²) in [6, 6.07) is 8.24. The number of aryl methyl sites for hydroxylation is 2. The zero-order valence-corrected chi connectivity index (χ0v) is 13.5. The van der Waals surface area contributed by atoms with Crippen LogP contribution in [0, 0.1) is 6.92 Å². The first kappa shape index (κ1) is 15.5. The van der Waals surface area contributed by atoms with Gasteiger partial charge in [-0.2, -0.15) is 0 Å². The minimum atomic E-state index is -0.0102. The van der Waals surface area contributed by atoms with E-state index in [4.69, 9.17) is 0 Å². The Bertz CT molecular complexity index is 663. The minimum Gasteiger partial charge on any atom is -0.341 e. The number of carbonyl (C=O) groups excluding carboxylic acids is 1. The SMILES string of the molecule is Cc1cccc(CCC(=O)Nc2cnc(N3CCCC3)nc2)c1. The summed E-state index contributed by atoms with van der Waals surface area (Å²) >= 11 is 0. The highest BCUT2D eigenvalue weighted by Crippen LogP contribution is 2.16. The second-order valence-corrected chi connectivity index (χ2v) is 6.00. The number of nitrogens with one attached hydrogen (secondary N) is 1. The molecule has 23 heavy (non-hydrogen) atoms. The molecule has 1 N–H and O–H groups in total. The van der Waals surface area contributed by atoms with Crippen LogP contribution < -0.4 is 10.2 Å². The normalized spacial score (nSPS) is 14.0. The number of aromatic nitrogens is 2. The molecular formula is C18H22N4O. The third kappa shape index (κ3) is 4.28. The van der Waals surface area contributed by atoms with Crippen LogP contribution in [0.1, 0.15) is 30.4 Å². The van der Waals surface area contributed by atoms with E-state index in [1.54, 1.807) is 12.4 Å². The molecule has 0 bridgehead atoms. The minimum absolute atomic E-state index is 0.0102. The van der Waals surface area contributed by atoms with E-state index in [0.717, 1.165) is 25.5 Å². The van der Waals surface area contributed by atoms with Crippen molar-refractivity contribution in [3.05, 3.63) is 47.8 Å². The van der Waals surface area contributed by atoms with Gasteiger partial charge in [0.2, 0.25) is 11.9 Å². The summed E-state index contributed by atoms with van der Waals surface area (Å²) in [6.45, 7) is 4.09. The highest BCUT2D eigenvalue weighted by atomic mass is 16.1. The quantitative estimate of drug-likeness (QED) is 0.922. The maximum Gasteiger partial charge on any atom is 0.225 e. The largest absolute Gasteiger partial charge is 0.341 e. The van der Waals surface area contributed by atoms with Crippen molar-refractivity contribution in [3.63, 3.8) is 0 Å². The molecule has 1 saturated heterocycles. The van der Waals surface area contributed by atoms with Crippen molar-refractivity contribution >= 4 is 17.5 Å². The number of rotatable bonds is 5. The molecule has 0 radical (unpaired) electrons. The summed E-state index contributed by atoms with van der Waals surface area (Å²) in [5.41, 5.74) is 3.05. The van der Waals surface area contributed by atoms with Gasteiger partial charge in [0.15, 0.2) is 0 Å². The number of hydrogen-bond donors (Lipinski definition) is 1. The number of benzene rings is 1. The molecule has 0 aliphatic carbocycles. The highest BCUT2D eigenvalue weighted by molar-refractivity contribution is 5.90. The Morgan fingerprint density at radius 1 is 1.22 bits per heavy atom. The van der Waals surface area contributed by atoms with Crippen LogP contribution in [0.15, 0.2) is 36.7 Å². The number of carbonyl (C=O) groups is 1. The zero-order valence-electron chi connectivity index (χ0n) is 13.5. The van der Waals surface area contributed by atoms with E-state index < -0.39 is 0 Å². The molecule has 0 atom stereocenters. The van der Waals surface area contributed by atoms with Gasteiger partial charge in [-0.25, -0.2) is 9.97 Å². The van der Waals surface area contributed by atoms with E-state index in [2.05, 4.69) is 39.2 Å². The molecule has 1 aromatic carbocycles. The van der Waals surface area contributed by atoms with E-state index in [1.165, 1.54) is 24.0 Å². The summed E-state index contributed by atoms with van der Waals surface area (Å²) in [6.07, 6.45) is 6.95. The molecule has 120 valence electrons. The topological polar surface area (TPSA) is 58.1 Å². The molecule has 1 aliphatic rings. The van der Waals surface area contributed by atoms with Crippen molar-refractivity contribution in [3.8, 4) is 0 Å². The van der Waals surface area contributed by atoms with Crippen LogP contribution in [0.25, 0.3) is 0 Å². The lowest BCUT2D eigenvalue weighted by Gasteiger charge is -2.14. The van der Waals surface area contributed by atoms with Gasteiger partial charge in [0.05, 0.1) is 18.1 Å². The molecule has 0 saturated carbocycles. The van der Waals surface area contributed by atoms with Crippen LogP contribution in [-0.4, -0.2) is 29.0 Å². The van der Waals surface area contributed by atoms with E-state index in [9.17, 15) is 4.79 Å². The first-order valence-electron chi connectivity index (χ1n) is 8.13. The van der Waals surface area contributed by atoms with Gasteiger partial charge < -0.3 is 10.2 Å². The van der Waals surface area contributed by atoms with Crippen LogP contribution in [0.3, 0.4) is 0 Å². The van der Waals surface area contributed by atoms with Crippen molar-refractivity contribution in [2.45, 2.75) is 32.6 Å². The smallest absolute Gasteiger partial charge is 0.225 e. The maximum absolute atomic E-state index is 12.0. The number of anilines is 2. The summed E-state index contributed by atoms with van der Waals surface area (Å²) in [5, 5.41) is 2.86. The molecule has 1 aromatic heterocycles. The van der Waals surface area contributed by atoms with Crippen molar-refractivity contribution in [2.24, 2.45) is 0 Å². The van der Waals surface area contributed by atoms with Crippen molar-refractivity contribution in [1.29, 1.82) is 0 Å². The van der Waals surface area contributed by atoms with Gasteiger partial charge in [-0.05, 0) is 31.7 Å². The monoisotopic (exact) mass is 310 g/mol. The molecule has 2 heterocycles. The van der Waals surface area contributed by atoms with Crippen LogP contribution in [-0.2, 0) is 11.2 Å². The standard InChI is InChI=1S/C18H22N4O/c1-14-5-4-6-15(11-14)7-8-17(23)21-16-12-19-18(20-13-16)22-9-2-3-10-22/h4-6,11-13H,2-3,7-10H2,1H3,(H,21,23). The molecule has 3 rings (SSSR count). The lowest BCUT2D eigenvalue weighted by molar-refractivity contribution is -0.116. The summed E-state index contributed by atoms with van der Waals surface area (Å²) in [7, 11) is 0. The molecule has 0 spiro atoms. The first-order valence-corrected chi connectivity index (χ1v) is 8.13. The second-order valence-electron chi connectivity index (χ2n) is 6.00. The fourth-order valence-electron chi connectivity index (χ4n) is 2.82. The average Bonchev–Trinajstić information content (AvgIpc) is 3.08. The third-order valence-corrected chi connectivity index (χ3v) is 4.03. The molecular weight excluding hydrogens is 288 g/mol. The predicted octanol–water partition coefficient (Wildman–Crippen LogP) is 2.96. The van der Waals surface area contributed by atoms with E-state index in [-0.39, 0.29) is 5.91 Å². The van der Waals surface area contributed by atoms with E-state index in [0.29, 0.717) is 12.1 Å². The number of nitrogens with zero attached hydrogens (tertiary/aromatic N) is 3. The van der Waals surface area contributed by atoms with Gasteiger partial charge in [0.25, 0.3) is 0 Å². The van der Waals surface area contributed by atoms with Crippen LogP contribution in [0.5, 0.6) is 0 Å². The maximum atomic E-state index is 12.0. The lowest BCUT2D eigenvalue weighted by atomic mass is 10.1. The molecule has 1 amide bonds. The van der Waals surface area contributed by atoms with Crippen molar-refractivity contribution in [1.82, 2.24) is 9.97 Å².